The van der Waals surface area contributed by atoms with Crippen LogP contribution in [0.15, 0.2) is 78.0 Å². The van der Waals surface area contributed by atoms with Gasteiger partial charge >= 0.3 is 0 Å². The summed E-state index contributed by atoms with van der Waals surface area (Å²) in [4.78, 5) is 13.6. The van der Waals surface area contributed by atoms with Crippen LogP contribution in [0, 0.1) is 5.82 Å². The predicted octanol–water partition coefficient (Wildman–Crippen LogP) is 6.21. The number of carbonyl (C=O) groups excluding carboxylic acids is 1. The van der Waals surface area contributed by atoms with Gasteiger partial charge in [0.05, 0.1) is 31.1 Å². The van der Waals surface area contributed by atoms with Crippen LogP contribution >= 0.6 is 0 Å². The Hall–Kier alpha value is -3.80. The Morgan fingerprint density at radius 2 is 1.68 bits per heavy atom. The Bertz CT molecular complexity index is 1250. The maximum absolute atomic E-state index is 13.6. The number of ketones is 1. The van der Waals surface area contributed by atoms with Crippen LogP contribution in [0.2, 0.25) is 0 Å². The standard InChI is InChI=1S/C28H27FN2O3/c1-3-34-25-13-10-18(16-26(25)33-2)19-14-23-27(24(32)15-19)28(17-8-11-20(29)12-9-17)31-22-7-5-4-6-21(22)30-23/h4-13,16,19,28,30-31H,3,14-15H2,1-2H3. The number of nitrogens with one attached hydrogen (secondary N) is 2. The minimum atomic E-state index is -0.366. The van der Waals surface area contributed by atoms with Gasteiger partial charge in [0.25, 0.3) is 0 Å². The first-order valence-electron chi connectivity index (χ1n) is 11.5. The summed E-state index contributed by atoms with van der Waals surface area (Å²) >= 11 is 0. The number of para-hydroxylation sites is 2. The number of carbonyl (C=O) groups is 1. The molecule has 0 aromatic heterocycles. The molecule has 34 heavy (non-hydrogen) atoms. The molecule has 2 unspecified atom stereocenters. The van der Waals surface area contributed by atoms with Crippen molar-refractivity contribution in [2.45, 2.75) is 31.7 Å². The molecule has 5 rings (SSSR count). The largest absolute Gasteiger partial charge is 0.493 e. The fourth-order valence-electron chi connectivity index (χ4n) is 4.85. The molecule has 1 aliphatic carbocycles. The van der Waals surface area contributed by atoms with E-state index in [0.717, 1.165) is 28.2 Å². The zero-order chi connectivity index (χ0) is 23.7. The van der Waals surface area contributed by atoms with Crippen molar-refractivity contribution in [2.75, 3.05) is 24.4 Å². The molecule has 3 aromatic carbocycles. The van der Waals surface area contributed by atoms with E-state index in [-0.39, 0.29) is 23.6 Å². The number of allylic oxidation sites excluding steroid dienone is 1. The second kappa shape index (κ2) is 9.21. The summed E-state index contributed by atoms with van der Waals surface area (Å²) in [5, 5.41) is 7.05. The van der Waals surface area contributed by atoms with Crippen molar-refractivity contribution < 1.29 is 18.7 Å². The summed E-state index contributed by atoms with van der Waals surface area (Å²) in [6, 6.07) is 19.8. The average Bonchev–Trinajstić information content (AvgIpc) is 3.02. The molecule has 6 heteroatoms. The number of ether oxygens (including phenoxy) is 2. The molecule has 2 N–H and O–H groups in total. The lowest BCUT2D eigenvalue weighted by Crippen LogP contribution is -2.26. The summed E-state index contributed by atoms with van der Waals surface area (Å²) in [7, 11) is 1.62. The molecule has 0 spiro atoms. The van der Waals surface area contributed by atoms with Gasteiger partial charge in [-0.2, -0.15) is 0 Å². The monoisotopic (exact) mass is 458 g/mol. The van der Waals surface area contributed by atoms with Gasteiger partial charge in [0.1, 0.15) is 5.82 Å². The van der Waals surface area contributed by atoms with E-state index in [9.17, 15) is 9.18 Å². The first kappa shape index (κ1) is 22.0. The van der Waals surface area contributed by atoms with E-state index in [1.54, 1.807) is 19.2 Å². The van der Waals surface area contributed by atoms with Crippen LogP contribution in [0.3, 0.4) is 0 Å². The van der Waals surface area contributed by atoms with Gasteiger partial charge in [-0.15, -0.1) is 0 Å². The van der Waals surface area contributed by atoms with E-state index < -0.39 is 0 Å². The molecule has 174 valence electrons. The molecular weight excluding hydrogens is 431 g/mol. The van der Waals surface area contributed by atoms with Crippen molar-refractivity contribution in [3.8, 4) is 11.5 Å². The molecule has 2 atom stereocenters. The van der Waals surface area contributed by atoms with Gasteiger partial charge in [0.2, 0.25) is 0 Å². The van der Waals surface area contributed by atoms with Crippen LogP contribution in [-0.2, 0) is 4.79 Å². The molecule has 2 aliphatic rings. The number of halogens is 1. The lowest BCUT2D eigenvalue weighted by molar-refractivity contribution is -0.116. The van der Waals surface area contributed by atoms with E-state index in [4.69, 9.17) is 9.47 Å². The summed E-state index contributed by atoms with van der Waals surface area (Å²) in [6.07, 6.45) is 1.05. The molecular formula is C28H27FN2O3. The minimum Gasteiger partial charge on any atom is -0.493 e. The summed E-state index contributed by atoms with van der Waals surface area (Å²) in [6.45, 7) is 2.48. The normalized spacial score (nSPS) is 19.3. The van der Waals surface area contributed by atoms with E-state index in [0.29, 0.717) is 36.5 Å². The molecule has 1 aliphatic heterocycles. The number of anilines is 2. The average molecular weight is 459 g/mol. The van der Waals surface area contributed by atoms with E-state index in [1.165, 1.54) is 12.1 Å². The molecule has 0 radical (unpaired) electrons. The number of fused-ring (bicyclic) bond motifs is 1. The number of benzene rings is 3. The second-order valence-electron chi connectivity index (χ2n) is 8.56. The van der Waals surface area contributed by atoms with Gasteiger partial charge in [-0.25, -0.2) is 4.39 Å². The molecule has 0 amide bonds. The van der Waals surface area contributed by atoms with Gasteiger partial charge in [0.15, 0.2) is 17.3 Å². The van der Waals surface area contributed by atoms with Crippen LogP contribution in [0.5, 0.6) is 11.5 Å². The smallest absolute Gasteiger partial charge is 0.163 e. The van der Waals surface area contributed by atoms with Crippen LogP contribution in [0.1, 0.15) is 42.9 Å². The fourth-order valence-corrected chi connectivity index (χ4v) is 4.85. The molecule has 5 nitrogen and oxygen atoms in total. The van der Waals surface area contributed by atoms with Crippen molar-refractivity contribution >= 4 is 17.2 Å². The quantitative estimate of drug-likeness (QED) is 0.476. The van der Waals surface area contributed by atoms with Gasteiger partial charge in [-0.1, -0.05) is 30.3 Å². The Balaban J connectivity index is 1.55. The van der Waals surface area contributed by atoms with Crippen molar-refractivity contribution in [2.24, 2.45) is 0 Å². The van der Waals surface area contributed by atoms with Gasteiger partial charge < -0.3 is 20.1 Å². The summed E-state index contributed by atoms with van der Waals surface area (Å²) in [5.74, 6) is 1.13. The zero-order valence-electron chi connectivity index (χ0n) is 19.2. The maximum Gasteiger partial charge on any atom is 0.163 e. The SMILES string of the molecule is CCOc1ccc(C2CC(=O)C3=C(C2)Nc2ccccc2NC3c2ccc(F)cc2)cc1OC. The van der Waals surface area contributed by atoms with Crippen molar-refractivity contribution in [1.82, 2.24) is 0 Å². The third-order valence-corrected chi connectivity index (χ3v) is 6.47. The zero-order valence-corrected chi connectivity index (χ0v) is 19.2. The van der Waals surface area contributed by atoms with Gasteiger partial charge in [0, 0.05) is 17.7 Å². The molecule has 0 saturated carbocycles. The van der Waals surface area contributed by atoms with E-state index >= 15 is 0 Å². The Morgan fingerprint density at radius 3 is 2.41 bits per heavy atom. The summed E-state index contributed by atoms with van der Waals surface area (Å²) in [5.41, 5.74) is 5.29. The number of Topliss-reactive ketones (excluding diaryl/α,β-unsaturated/α-hetero) is 1. The van der Waals surface area contributed by atoms with Gasteiger partial charge in [-0.05, 0) is 66.8 Å². The predicted molar refractivity (Wildman–Crippen MR) is 131 cm³/mol. The third kappa shape index (κ3) is 4.12. The molecule has 0 bridgehead atoms. The number of rotatable bonds is 5. The highest BCUT2D eigenvalue weighted by atomic mass is 19.1. The molecule has 1 heterocycles. The number of methoxy groups -OCH3 is 1. The summed E-state index contributed by atoms with van der Waals surface area (Å²) < 4.78 is 24.8. The highest BCUT2D eigenvalue weighted by Gasteiger charge is 2.36. The second-order valence-corrected chi connectivity index (χ2v) is 8.56. The maximum atomic E-state index is 13.6. The number of hydrogen-bond acceptors (Lipinski definition) is 5. The van der Waals surface area contributed by atoms with Gasteiger partial charge in [-0.3, -0.25) is 4.79 Å². The molecule has 0 fully saturated rings. The lowest BCUT2D eigenvalue weighted by Gasteiger charge is -2.30. The highest BCUT2D eigenvalue weighted by Crippen LogP contribution is 2.45. The topological polar surface area (TPSA) is 59.6 Å². The van der Waals surface area contributed by atoms with Crippen LogP contribution in [0.4, 0.5) is 15.8 Å². The third-order valence-electron chi connectivity index (χ3n) is 6.47. The van der Waals surface area contributed by atoms with E-state index in [2.05, 4.69) is 10.6 Å². The van der Waals surface area contributed by atoms with Crippen molar-refractivity contribution in [1.29, 1.82) is 0 Å². The Labute approximate surface area is 198 Å². The van der Waals surface area contributed by atoms with Crippen LogP contribution in [-0.4, -0.2) is 19.5 Å². The fraction of sp³-hybridized carbons (Fsp3) is 0.250. The Kier molecular flexibility index (Phi) is 5.97. The lowest BCUT2D eigenvalue weighted by atomic mass is 9.78. The first-order valence-corrected chi connectivity index (χ1v) is 11.5. The van der Waals surface area contributed by atoms with Crippen molar-refractivity contribution in [3.05, 3.63) is 94.9 Å². The Morgan fingerprint density at radius 1 is 0.941 bits per heavy atom. The van der Waals surface area contributed by atoms with Crippen LogP contribution in [0.25, 0.3) is 0 Å². The molecule has 0 saturated heterocycles. The van der Waals surface area contributed by atoms with Crippen molar-refractivity contribution in [3.63, 3.8) is 0 Å². The first-order chi connectivity index (χ1) is 16.6. The molecule has 3 aromatic rings. The van der Waals surface area contributed by atoms with E-state index in [1.807, 2.05) is 49.4 Å². The highest BCUT2D eigenvalue weighted by molar-refractivity contribution is 6.01. The minimum absolute atomic E-state index is 0.00227. The number of hydrogen-bond donors (Lipinski definition) is 2. The van der Waals surface area contributed by atoms with Crippen LogP contribution < -0.4 is 20.1 Å².